The third kappa shape index (κ3) is 5.99. The van der Waals surface area contributed by atoms with Crippen LogP contribution >= 0.6 is 11.3 Å². The van der Waals surface area contributed by atoms with Gasteiger partial charge in [0.05, 0.1) is 5.41 Å². The highest BCUT2D eigenvalue weighted by atomic mass is 32.1. The van der Waals surface area contributed by atoms with Crippen molar-refractivity contribution in [1.29, 1.82) is 0 Å². The number of rotatable bonds is 7. The van der Waals surface area contributed by atoms with Crippen molar-refractivity contribution in [2.24, 2.45) is 0 Å². The summed E-state index contributed by atoms with van der Waals surface area (Å²) >= 11 is 1.88. The van der Waals surface area contributed by atoms with Gasteiger partial charge in [-0.05, 0) is 84.6 Å². The van der Waals surface area contributed by atoms with Crippen molar-refractivity contribution in [2.45, 2.75) is 5.41 Å². The van der Waals surface area contributed by atoms with Gasteiger partial charge in [-0.1, -0.05) is 218 Å². The molecule has 4 heteroatoms. The van der Waals surface area contributed by atoms with Gasteiger partial charge in [-0.2, -0.15) is 0 Å². The van der Waals surface area contributed by atoms with Crippen molar-refractivity contribution in [3.8, 4) is 67.5 Å². The van der Waals surface area contributed by atoms with Crippen LogP contribution in [0.25, 0.3) is 98.5 Å². The maximum absolute atomic E-state index is 5.33. The van der Waals surface area contributed by atoms with E-state index in [1.165, 1.54) is 64.7 Å². The van der Waals surface area contributed by atoms with Crippen molar-refractivity contribution < 1.29 is 0 Å². The predicted molar refractivity (Wildman–Crippen MR) is 275 cm³/mol. The number of aromatic nitrogens is 3. The van der Waals surface area contributed by atoms with Gasteiger partial charge in [0.25, 0.3) is 0 Å². The van der Waals surface area contributed by atoms with Crippen molar-refractivity contribution in [2.75, 3.05) is 0 Å². The highest BCUT2D eigenvalue weighted by molar-refractivity contribution is 7.26. The molecule has 0 atom stereocenters. The zero-order valence-corrected chi connectivity index (χ0v) is 36.6. The average Bonchev–Trinajstić information content (AvgIpc) is 3.93. The van der Waals surface area contributed by atoms with Crippen molar-refractivity contribution >= 4 is 42.3 Å². The van der Waals surface area contributed by atoms with Crippen LogP contribution in [0, 0.1) is 0 Å². The predicted octanol–water partition coefficient (Wildman–Crippen LogP) is 16.1. The Bertz CT molecular complexity index is 3770. The van der Waals surface area contributed by atoms with Crippen molar-refractivity contribution in [3.05, 3.63) is 259 Å². The Morgan fingerprint density at radius 2 is 0.848 bits per heavy atom. The summed E-state index contributed by atoms with van der Waals surface area (Å²) in [6.45, 7) is 0. The van der Waals surface area contributed by atoms with Gasteiger partial charge < -0.3 is 0 Å². The van der Waals surface area contributed by atoms with Gasteiger partial charge in [-0.3, -0.25) is 0 Å². The molecule has 0 spiro atoms. The summed E-state index contributed by atoms with van der Waals surface area (Å²) in [6, 6.07) is 85.4. The molecule has 1 aliphatic rings. The molecule has 0 radical (unpaired) electrons. The summed E-state index contributed by atoms with van der Waals surface area (Å²) < 4.78 is 2.62. The smallest absolute Gasteiger partial charge is 0.164 e. The summed E-state index contributed by atoms with van der Waals surface area (Å²) in [5, 5.41) is 4.86. The van der Waals surface area contributed by atoms with Gasteiger partial charge >= 0.3 is 0 Å². The molecule has 3 nitrogen and oxygen atoms in total. The lowest BCUT2D eigenvalue weighted by molar-refractivity contribution is 0.776. The molecule has 0 N–H and O–H groups in total. The molecule has 0 saturated carbocycles. The topological polar surface area (TPSA) is 38.7 Å². The zero-order valence-electron chi connectivity index (χ0n) is 35.8. The fraction of sp³-hybridized carbons (Fsp3) is 0.0161. The fourth-order valence-electron chi connectivity index (χ4n) is 10.5. The Morgan fingerprint density at radius 3 is 1.59 bits per heavy atom. The Balaban J connectivity index is 1.06. The Morgan fingerprint density at radius 1 is 0.303 bits per heavy atom. The molecule has 0 saturated heterocycles. The van der Waals surface area contributed by atoms with E-state index in [1.807, 2.05) is 35.6 Å². The molecular formula is C62H39N3S. The lowest BCUT2D eigenvalue weighted by atomic mass is 9.66. The van der Waals surface area contributed by atoms with Crippen LogP contribution in [0.5, 0.6) is 0 Å². The van der Waals surface area contributed by atoms with Gasteiger partial charge in [0.1, 0.15) is 0 Å². The molecule has 1 aliphatic carbocycles. The average molecular weight is 858 g/mol. The van der Waals surface area contributed by atoms with Crippen LogP contribution in [0.3, 0.4) is 0 Å². The maximum Gasteiger partial charge on any atom is 0.164 e. The van der Waals surface area contributed by atoms with E-state index in [-0.39, 0.29) is 0 Å². The molecule has 12 aromatic rings. The number of hydrogen-bond acceptors (Lipinski definition) is 4. The van der Waals surface area contributed by atoms with Crippen molar-refractivity contribution in [3.63, 3.8) is 0 Å². The van der Waals surface area contributed by atoms with E-state index in [0.29, 0.717) is 17.5 Å². The molecule has 0 amide bonds. The summed E-state index contributed by atoms with van der Waals surface area (Å²) in [5.41, 5.74) is 14.3. The van der Waals surface area contributed by atoms with E-state index < -0.39 is 5.41 Å². The second-order valence-electron chi connectivity index (χ2n) is 17.0. The number of hydrogen-bond donors (Lipinski definition) is 0. The Hall–Kier alpha value is -8.31. The van der Waals surface area contributed by atoms with Crippen LogP contribution in [0.4, 0.5) is 0 Å². The minimum atomic E-state index is -0.646. The van der Waals surface area contributed by atoms with Gasteiger partial charge in [0, 0.05) is 36.9 Å². The van der Waals surface area contributed by atoms with Crippen LogP contribution in [-0.4, -0.2) is 15.0 Å². The molecule has 13 rings (SSSR count). The molecule has 0 fully saturated rings. The van der Waals surface area contributed by atoms with Crippen LogP contribution in [-0.2, 0) is 5.41 Å². The van der Waals surface area contributed by atoms with E-state index in [2.05, 4.69) is 212 Å². The van der Waals surface area contributed by atoms with Crippen LogP contribution < -0.4 is 0 Å². The minimum Gasteiger partial charge on any atom is -0.208 e. The first-order chi connectivity index (χ1) is 32.7. The van der Waals surface area contributed by atoms with Crippen LogP contribution in [0.2, 0.25) is 0 Å². The Kier molecular flexibility index (Phi) is 8.93. The summed E-state index contributed by atoms with van der Waals surface area (Å²) in [7, 11) is 0. The first kappa shape index (κ1) is 38.2. The number of thiophene rings is 1. The van der Waals surface area contributed by atoms with Gasteiger partial charge in [-0.25, -0.2) is 15.0 Å². The van der Waals surface area contributed by atoms with E-state index in [4.69, 9.17) is 15.0 Å². The SMILES string of the molecule is c1ccc(-c2cccc(-c3nc(-c4ccccc4)nc(-c4cccc5c6c(ccc45)-c4ccc(-c5cccc7c5sc5ccccc57)cc4C6(c4ccccc4)c4ccccc4)n3)c2)cc1. The quantitative estimate of drug-likeness (QED) is 0.160. The van der Waals surface area contributed by atoms with E-state index in [9.17, 15) is 0 Å². The molecule has 2 heterocycles. The third-order valence-corrected chi connectivity index (χ3v) is 14.6. The third-order valence-electron chi connectivity index (χ3n) is 13.4. The molecule has 0 aliphatic heterocycles. The lowest BCUT2D eigenvalue weighted by Gasteiger charge is -2.35. The fourth-order valence-corrected chi connectivity index (χ4v) is 11.7. The van der Waals surface area contributed by atoms with E-state index in [1.54, 1.807) is 0 Å². The second kappa shape index (κ2) is 15.4. The zero-order chi connectivity index (χ0) is 43.6. The highest BCUT2D eigenvalue weighted by Crippen LogP contribution is 2.59. The number of fused-ring (bicyclic) bond motifs is 8. The minimum absolute atomic E-state index is 0.631. The largest absolute Gasteiger partial charge is 0.208 e. The first-order valence-corrected chi connectivity index (χ1v) is 23.2. The summed E-state index contributed by atoms with van der Waals surface area (Å²) in [6.07, 6.45) is 0. The molecule has 0 bridgehead atoms. The molecule has 0 unspecified atom stereocenters. The standard InChI is InChI=1S/C62H39N3S/c1-5-18-40(19-6-1)42-22-15-23-44(38-42)60-63-59(41-20-7-2-8-21-41)64-61(65-60)54-32-17-30-51-48(54)36-37-52-49-35-34-43(47-29-16-31-53-50-28-13-14-33-56(50)66-58(47)53)39-55(49)62(57(51)52,45-24-9-3-10-25-45)46-26-11-4-12-27-46/h1-39H. The molecule has 308 valence electrons. The highest BCUT2D eigenvalue weighted by Gasteiger charge is 2.47. The van der Waals surface area contributed by atoms with Crippen molar-refractivity contribution in [1.82, 2.24) is 15.0 Å². The molecule has 66 heavy (non-hydrogen) atoms. The summed E-state index contributed by atoms with van der Waals surface area (Å²) in [5.74, 6) is 1.90. The van der Waals surface area contributed by atoms with E-state index >= 15 is 0 Å². The maximum atomic E-state index is 5.33. The lowest BCUT2D eigenvalue weighted by Crippen LogP contribution is -2.29. The van der Waals surface area contributed by atoms with E-state index in [0.717, 1.165) is 38.6 Å². The first-order valence-electron chi connectivity index (χ1n) is 22.4. The number of benzene rings is 10. The molecule has 2 aromatic heterocycles. The van der Waals surface area contributed by atoms with Gasteiger partial charge in [0.15, 0.2) is 17.5 Å². The normalized spacial score (nSPS) is 12.7. The van der Waals surface area contributed by atoms with Crippen LogP contribution in [0.15, 0.2) is 237 Å². The Labute approximate surface area is 387 Å². The number of nitrogens with zero attached hydrogens (tertiary/aromatic N) is 3. The second-order valence-corrected chi connectivity index (χ2v) is 18.1. The summed E-state index contributed by atoms with van der Waals surface area (Å²) in [4.78, 5) is 15.8. The molecular weight excluding hydrogens is 819 g/mol. The van der Waals surface area contributed by atoms with Gasteiger partial charge in [-0.15, -0.1) is 11.3 Å². The van der Waals surface area contributed by atoms with Gasteiger partial charge in [0.2, 0.25) is 0 Å². The monoisotopic (exact) mass is 857 g/mol. The van der Waals surface area contributed by atoms with Crippen LogP contribution in [0.1, 0.15) is 22.3 Å². The molecule has 10 aromatic carbocycles.